The van der Waals surface area contributed by atoms with Gasteiger partial charge in [-0.05, 0) is 98.8 Å². The van der Waals surface area contributed by atoms with Crippen molar-refractivity contribution in [3.05, 3.63) is 124 Å². The lowest BCUT2D eigenvalue weighted by molar-refractivity contribution is 0.952. The van der Waals surface area contributed by atoms with Crippen LogP contribution < -0.4 is 4.90 Å². The Morgan fingerprint density at radius 2 is 1.49 bits per heavy atom. The average Bonchev–Trinajstić information content (AvgIpc) is 3.44. The van der Waals surface area contributed by atoms with Crippen LogP contribution in [0.3, 0.4) is 0 Å². The highest BCUT2D eigenvalue weighted by Crippen LogP contribution is 2.54. The van der Waals surface area contributed by atoms with Gasteiger partial charge in [-0.15, -0.1) is 0 Å². The third-order valence-corrected chi connectivity index (χ3v) is 8.43. The van der Waals surface area contributed by atoms with E-state index in [9.17, 15) is 0 Å². The molecule has 0 N–H and O–H groups in total. The molecule has 9 rings (SSSR count). The normalized spacial score (nSPS) is 14.9. The molecule has 4 heterocycles. The maximum Gasteiger partial charge on any atom is 0.0716 e. The molecule has 164 valence electrons. The van der Waals surface area contributed by atoms with Gasteiger partial charge in [-0.1, -0.05) is 30.3 Å². The number of aromatic nitrogens is 2. The SMILES string of the molecule is c1ccc2c(c1)Cc1cc3c(cc1-2)Cc1ccc2c(c1-3)Cc1ccnc3c1N2c1ccncc1C3. The van der Waals surface area contributed by atoms with Crippen LogP contribution in [0.15, 0.2) is 79.3 Å². The molecule has 0 atom stereocenters. The van der Waals surface area contributed by atoms with E-state index < -0.39 is 0 Å². The smallest absolute Gasteiger partial charge is 0.0716 e. The fourth-order valence-corrected chi connectivity index (χ4v) is 6.97. The Morgan fingerprint density at radius 3 is 2.49 bits per heavy atom. The Balaban J connectivity index is 1.28. The summed E-state index contributed by atoms with van der Waals surface area (Å²) < 4.78 is 0. The van der Waals surface area contributed by atoms with Gasteiger partial charge in [0.25, 0.3) is 0 Å². The third-order valence-electron chi connectivity index (χ3n) is 8.43. The van der Waals surface area contributed by atoms with Crippen LogP contribution in [0.5, 0.6) is 0 Å². The van der Waals surface area contributed by atoms with Gasteiger partial charge in [0.1, 0.15) is 0 Å². The van der Waals surface area contributed by atoms with Gasteiger partial charge >= 0.3 is 0 Å². The van der Waals surface area contributed by atoms with Gasteiger partial charge in [-0.2, -0.15) is 0 Å². The summed E-state index contributed by atoms with van der Waals surface area (Å²) in [5, 5.41) is 0. The lowest BCUT2D eigenvalue weighted by Crippen LogP contribution is -2.25. The maximum atomic E-state index is 4.78. The molecule has 2 aliphatic carbocycles. The van der Waals surface area contributed by atoms with E-state index in [4.69, 9.17) is 4.98 Å². The molecule has 3 aromatic carbocycles. The molecule has 5 aromatic rings. The van der Waals surface area contributed by atoms with Gasteiger partial charge in [0.2, 0.25) is 0 Å². The molecule has 3 nitrogen and oxygen atoms in total. The first-order chi connectivity index (χ1) is 17.3. The number of pyridine rings is 2. The van der Waals surface area contributed by atoms with E-state index in [0.29, 0.717) is 0 Å². The number of anilines is 3. The first-order valence-electron chi connectivity index (χ1n) is 12.4. The topological polar surface area (TPSA) is 29.0 Å². The van der Waals surface area contributed by atoms with E-state index in [0.717, 1.165) is 31.4 Å². The van der Waals surface area contributed by atoms with Crippen LogP contribution in [-0.4, -0.2) is 9.97 Å². The van der Waals surface area contributed by atoms with Crippen LogP contribution in [0.1, 0.15) is 44.6 Å². The quantitative estimate of drug-likeness (QED) is 0.253. The van der Waals surface area contributed by atoms with Crippen molar-refractivity contribution in [2.24, 2.45) is 0 Å². The number of hydrogen-bond donors (Lipinski definition) is 0. The van der Waals surface area contributed by atoms with Crippen molar-refractivity contribution in [1.29, 1.82) is 0 Å². The molecule has 0 saturated heterocycles. The first-order valence-corrected chi connectivity index (χ1v) is 12.4. The number of fused-ring (bicyclic) bond motifs is 11. The van der Waals surface area contributed by atoms with E-state index in [2.05, 4.69) is 70.5 Å². The molecule has 0 spiro atoms. The van der Waals surface area contributed by atoms with Crippen molar-refractivity contribution in [2.75, 3.05) is 4.90 Å². The predicted molar refractivity (Wildman–Crippen MR) is 139 cm³/mol. The molecule has 0 saturated carbocycles. The van der Waals surface area contributed by atoms with Crippen LogP contribution in [0.4, 0.5) is 17.1 Å². The molecule has 0 fully saturated rings. The van der Waals surface area contributed by atoms with Gasteiger partial charge in [0, 0.05) is 37.0 Å². The van der Waals surface area contributed by atoms with Gasteiger partial charge in [-0.25, -0.2) is 0 Å². The molecule has 0 radical (unpaired) electrons. The minimum atomic E-state index is 0.846. The van der Waals surface area contributed by atoms with Crippen molar-refractivity contribution < 1.29 is 0 Å². The van der Waals surface area contributed by atoms with Crippen LogP contribution in [-0.2, 0) is 25.7 Å². The summed E-state index contributed by atoms with van der Waals surface area (Å²) >= 11 is 0. The monoisotopic (exact) mass is 447 g/mol. The van der Waals surface area contributed by atoms with E-state index in [1.54, 1.807) is 0 Å². The summed E-state index contributed by atoms with van der Waals surface area (Å²) in [5.41, 5.74) is 20.6. The van der Waals surface area contributed by atoms with Crippen LogP contribution in [0, 0.1) is 0 Å². The van der Waals surface area contributed by atoms with Crippen molar-refractivity contribution in [3.8, 4) is 22.3 Å². The van der Waals surface area contributed by atoms with Crippen LogP contribution in [0.2, 0.25) is 0 Å². The molecule has 4 aliphatic rings. The van der Waals surface area contributed by atoms with E-state index in [1.807, 2.05) is 18.6 Å². The molecular formula is C32H21N3. The second-order valence-corrected chi connectivity index (χ2v) is 10.2. The molecule has 0 bridgehead atoms. The summed E-state index contributed by atoms with van der Waals surface area (Å²) in [7, 11) is 0. The fourth-order valence-electron chi connectivity index (χ4n) is 6.97. The zero-order valence-corrected chi connectivity index (χ0v) is 19.2. The summed E-state index contributed by atoms with van der Waals surface area (Å²) in [5.74, 6) is 0. The predicted octanol–water partition coefficient (Wildman–Crippen LogP) is 6.90. The summed E-state index contributed by atoms with van der Waals surface area (Å²) in [4.78, 5) is 11.7. The number of benzene rings is 3. The van der Waals surface area contributed by atoms with E-state index in [1.165, 1.54) is 78.3 Å². The summed E-state index contributed by atoms with van der Waals surface area (Å²) in [6.45, 7) is 0. The Hall–Kier alpha value is -4.24. The molecule has 0 unspecified atom stereocenters. The van der Waals surface area contributed by atoms with E-state index >= 15 is 0 Å². The summed E-state index contributed by atoms with van der Waals surface area (Å²) in [6.07, 6.45) is 9.76. The lowest BCUT2D eigenvalue weighted by Gasteiger charge is -2.39. The average molecular weight is 448 g/mol. The molecule has 2 aromatic heterocycles. The highest BCUT2D eigenvalue weighted by molar-refractivity contribution is 5.95. The second kappa shape index (κ2) is 6.25. The number of nitrogens with zero attached hydrogens (tertiary/aromatic N) is 3. The Bertz CT molecular complexity index is 1760. The van der Waals surface area contributed by atoms with Gasteiger partial charge < -0.3 is 4.90 Å². The first kappa shape index (κ1) is 18.1. The highest BCUT2D eigenvalue weighted by Gasteiger charge is 2.36. The number of hydrogen-bond acceptors (Lipinski definition) is 3. The zero-order valence-electron chi connectivity index (χ0n) is 19.2. The van der Waals surface area contributed by atoms with E-state index in [-0.39, 0.29) is 0 Å². The highest BCUT2D eigenvalue weighted by atomic mass is 15.2. The minimum absolute atomic E-state index is 0.846. The lowest BCUT2D eigenvalue weighted by atomic mass is 9.85. The van der Waals surface area contributed by atoms with Crippen molar-refractivity contribution >= 4 is 17.1 Å². The Kier molecular flexibility index (Phi) is 3.24. The number of rotatable bonds is 0. The fraction of sp³-hybridized carbons (Fsp3) is 0.125. The van der Waals surface area contributed by atoms with Gasteiger partial charge in [0.05, 0.1) is 22.8 Å². The second-order valence-electron chi connectivity index (χ2n) is 10.2. The molecular weight excluding hydrogens is 426 g/mol. The molecule has 0 amide bonds. The maximum absolute atomic E-state index is 4.78. The minimum Gasteiger partial charge on any atom is -0.308 e. The molecule has 35 heavy (non-hydrogen) atoms. The molecule has 3 heteroatoms. The largest absolute Gasteiger partial charge is 0.308 e. The van der Waals surface area contributed by atoms with Crippen molar-refractivity contribution in [3.63, 3.8) is 0 Å². The zero-order chi connectivity index (χ0) is 22.7. The standard InChI is InChI=1S/C32H21N3/c1-2-4-24-18(3-1)11-21-15-26-22(14-25(21)24)12-19-5-6-30-27(31(19)26)13-20-7-10-34-28-16-23-17-33-9-8-29(23)35(30)32(20)28/h1-10,14-15,17H,11-13,16H2. The van der Waals surface area contributed by atoms with Crippen LogP contribution in [0.25, 0.3) is 22.3 Å². The van der Waals surface area contributed by atoms with Gasteiger partial charge in [0.15, 0.2) is 0 Å². The Labute approximate surface area is 203 Å². The molecule has 2 aliphatic heterocycles. The third kappa shape index (κ3) is 2.26. The van der Waals surface area contributed by atoms with Crippen LogP contribution >= 0.6 is 0 Å². The van der Waals surface area contributed by atoms with Crippen molar-refractivity contribution in [1.82, 2.24) is 9.97 Å². The van der Waals surface area contributed by atoms with Gasteiger partial charge in [-0.3, -0.25) is 9.97 Å². The summed E-state index contributed by atoms with van der Waals surface area (Å²) in [6, 6.07) is 23.0. The van der Waals surface area contributed by atoms with Crippen molar-refractivity contribution in [2.45, 2.75) is 25.7 Å². The Morgan fingerprint density at radius 1 is 0.600 bits per heavy atom.